The van der Waals surface area contributed by atoms with E-state index in [1.54, 1.807) is 0 Å². The first-order valence-corrected chi connectivity index (χ1v) is 6.68. The van der Waals surface area contributed by atoms with Crippen LogP contribution in [0.15, 0.2) is 12.1 Å². The van der Waals surface area contributed by atoms with Gasteiger partial charge in [-0.05, 0) is 37.8 Å². The Hall–Kier alpha value is -1.56. The molecule has 1 aliphatic heterocycles. The number of benzene rings is 1. The molecule has 1 amide bonds. The number of hydrogen-bond acceptors (Lipinski definition) is 2. The van der Waals surface area contributed by atoms with Crippen LogP contribution in [0.2, 0.25) is 0 Å². The maximum atomic E-state index is 13.5. The zero-order chi connectivity index (χ0) is 14.3. The molecule has 1 saturated carbocycles. The lowest BCUT2D eigenvalue weighted by atomic mass is 9.92. The number of amides is 1. The van der Waals surface area contributed by atoms with Gasteiger partial charge in [-0.2, -0.15) is 0 Å². The van der Waals surface area contributed by atoms with Crippen LogP contribution in [0, 0.1) is 28.8 Å². The summed E-state index contributed by atoms with van der Waals surface area (Å²) < 4.78 is 39.8. The van der Waals surface area contributed by atoms with E-state index >= 15 is 0 Å². The topological polar surface area (TPSA) is 41.1 Å². The van der Waals surface area contributed by atoms with E-state index < -0.39 is 23.1 Å². The fraction of sp³-hybridized carbons (Fsp3) is 0.500. The van der Waals surface area contributed by atoms with E-state index in [4.69, 9.17) is 0 Å². The standard InChI is InChI=1S/C14H15F3N2O/c15-8-5-10(16)12(11(17)6-8)19-13(20)9-7-14(9)1-3-18-4-2-14/h5-6,9,18H,1-4,7H2,(H,19,20). The Balaban J connectivity index is 1.72. The van der Waals surface area contributed by atoms with Gasteiger partial charge in [-0.3, -0.25) is 4.79 Å². The van der Waals surface area contributed by atoms with Crippen molar-refractivity contribution in [2.45, 2.75) is 19.3 Å². The van der Waals surface area contributed by atoms with Crippen molar-refractivity contribution in [2.24, 2.45) is 11.3 Å². The normalized spacial score (nSPS) is 23.6. The van der Waals surface area contributed by atoms with Gasteiger partial charge in [-0.25, -0.2) is 13.2 Å². The van der Waals surface area contributed by atoms with Gasteiger partial charge in [-0.1, -0.05) is 0 Å². The molecule has 20 heavy (non-hydrogen) atoms. The van der Waals surface area contributed by atoms with Crippen LogP contribution in [-0.4, -0.2) is 19.0 Å². The lowest BCUT2D eigenvalue weighted by Gasteiger charge is -2.23. The van der Waals surface area contributed by atoms with E-state index in [2.05, 4.69) is 10.6 Å². The summed E-state index contributed by atoms with van der Waals surface area (Å²) in [5.74, 6) is -3.75. The number of carbonyl (C=O) groups is 1. The van der Waals surface area contributed by atoms with Crippen molar-refractivity contribution in [2.75, 3.05) is 18.4 Å². The highest BCUT2D eigenvalue weighted by atomic mass is 19.1. The lowest BCUT2D eigenvalue weighted by molar-refractivity contribution is -0.118. The molecular formula is C14H15F3N2O. The van der Waals surface area contributed by atoms with Gasteiger partial charge >= 0.3 is 0 Å². The number of nitrogens with one attached hydrogen (secondary N) is 2. The molecule has 1 atom stereocenters. The molecule has 0 aromatic heterocycles. The molecular weight excluding hydrogens is 269 g/mol. The van der Waals surface area contributed by atoms with Crippen LogP contribution in [0.5, 0.6) is 0 Å². The quantitative estimate of drug-likeness (QED) is 0.875. The van der Waals surface area contributed by atoms with Crippen LogP contribution in [-0.2, 0) is 4.79 Å². The summed E-state index contributed by atoms with van der Waals surface area (Å²) in [6, 6.07) is 1.12. The van der Waals surface area contributed by atoms with Crippen LogP contribution < -0.4 is 10.6 Å². The maximum absolute atomic E-state index is 13.5. The fourth-order valence-electron chi connectivity index (χ4n) is 3.07. The van der Waals surface area contributed by atoms with Crippen molar-refractivity contribution in [1.29, 1.82) is 0 Å². The van der Waals surface area contributed by atoms with Crippen molar-refractivity contribution < 1.29 is 18.0 Å². The molecule has 1 unspecified atom stereocenters. The molecule has 2 N–H and O–H groups in total. The van der Waals surface area contributed by atoms with Crippen LogP contribution in [0.3, 0.4) is 0 Å². The molecule has 3 nitrogen and oxygen atoms in total. The summed E-state index contributed by atoms with van der Waals surface area (Å²) >= 11 is 0. The van der Waals surface area contributed by atoms with Gasteiger partial charge < -0.3 is 10.6 Å². The Morgan fingerprint density at radius 3 is 2.40 bits per heavy atom. The second kappa shape index (κ2) is 4.77. The van der Waals surface area contributed by atoms with Crippen molar-refractivity contribution in [3.8, 4) is 0 Å². The van der Waals surface area contributed by atoms with Crippen LogP contribution in [0.1, 0.15) is 19.3 Å². The zero-order valence-electron chi connectivity index (χ0n) is 10.8. The minimum atomic E-state index is -1.09. The number of piperidine rings is 1. The molecule has 0 bridgehead atoms. The summed E-state index contributed by atoms with van der Waals surface area (Å²) in [4.78, 5) is 12.1. The van der Waals surface area contributed by atoms with Crippen molar-refractivity contribution in [3.05, 3.63) is 29.6 Å². The molecule has 1 aliphatic carbocycles. The van der Waals surface area contributed by atoms with E-state index in [1.807, 2.05) is 0 Å². The first kappa shape index (κ1) is 13.4. The summed E-state index contributed by atoms with van der Waals surface area (Å²) in [5.41, 5.74) is -0.574. The Morgan fingerprint density at radius 1 is 1.20 bits per heavy atom. The Kier molecular flexibility index (Phi) is 3.20. The predicted molar refractivity (Wildman–Crippen MR) is 67.6 cm³/mol. The number of halogens is 3. The highest BCUT2D eigenvalue weighted by Crippen LogP contribution is 2.58. The molecule has 1 aromatic rings. The second-order valence-electron chi connectivity index (χ2n) is 5.60. The lowest BCUT2D eigenvalue weighted by Crippen LogP contribution is -2.31. The Morgan fingerprint density at radius 2 is 1.80 bits per heavy atom. The first-order valence-electron chi connectivity index (χ1n) is 6.68. The average Bonchev–Trinajstić information content (AvgIpc) is 3.08. The Bertz CT molecular complexity index is 532. The van der Waals surface area contributed by atoms with Gasteiger partial charge in [-0.15, -0.1) is 0 Å². The molecule has 2 fully saturated rings. The van der Waals surface area contributed by atoms with E-state index in [1.165, 1.54) is 0 Å². The van der Waals surface area contributed by atoms with Gasteiger partial charge in [0, 0.05) is 18.1 Å². The van der Waals surface area contributed by atoms with Crippen LogP contribution in [0.25, 0.3) is 0 Å². The molecule has 1 heterocycles. The minimum absolute atomic E-state index is 0.0116. The highest BCUT2D eigenvalue weighted by molar-refractivity contribution is 5.95. The number of carbonyl (C=O) groups excluding carboxylic acids is 1. The largest absolute Gasteiger partial charge is 0.321 e. The van der Waals surface area contributed by atoms with Crippen molar-refractivity contribution in [1.82, 2.24) is 5.32 Å². The van der Waals surface area contributed by atoms with E-state index in [-0.39, 0.29) is 17.2 Å². The Labute approximate surface area is 114 Å². The van der Waals surface area contributed by atoms with Crippen LogP contribution >= 0.6 is 0 Å². The SMILES string of the molecule is O=C(Nc1c(F)cc(F)cc1F)C1CC12CCNCC2. The molecule has 108 valence electrons. The summed E-state index contributed by atoms with van der Waals surface area (Å²) in [6.07, 6.45) is 2.56. The third-order valence-electron chi connectivity index (χ3n) is 4.36. The maximum Gasteiger partial charge on any atom is 0.228 e. The molecule has 0 radical (unpaired) electrons. The summed E-state index contributed by atoms with van der Waals surface area (Å²) in [5, 5.41) is 5.48. The predicted octanol–water partition coefficient (Wildman–Crippen LogP) is 2.43. The minimum Gasteiger partial charge on any atom is -0.321 e. The average molecular weight is 284 g/mol. The third-order valence-corrected chi connectivity index (χ3v) is 4.36. The van der Waals surface area contributed by atoms with Crippen molar-refractivity contribution >= 4 is 11.6 Å². The number of anilines is 1. The zero-order valence-corrected chi connectivity index (χ0v) is 10.8. The number of rotatable bonds is 2. The fourth-order valence-corrected chi connectivity index (χ4v) is 3.07. The molecule has 1 saturated heterocycles. The summed E-state index contributed by atoms with van der Waals surface area (Å²) in [7, 11) is 0. The molecule has 3 rings (SSSR count). The van der Waals surface area contributed by atoms with Gasteiger partial charge in [0.1, 0.15) is 11.5 Å². The first-order chi connectivity index (χ1) is 9.52. The van der Waals surface area contributed by atoms with E-state index in [9.17, 15) is 18.0 Å². The van der Waals surface area contributed by atoms with E-state index in [0.29, 0.717) is 12.1 Å². The number of hydrogen-bond donors (Lipinski definition) is 2. The third kappa shape index (κ3) is 2.28. The second-order valence-corrected chi connectivity index (χ2v) is 5.60. The van der Waals surface area contributed by atoms with E-state index in [0.717, 1.165) is 32.4 Å². The molecule has 2 aliphatic rings. The van der Waals surface area contributed by atoms with Gasteiger partial charge in [0.2, 0.25) is 5.91 Å². The highest BCUT2D eigenvalue weighted by Gasteiger charge is 2.57. The van der Waals surface area contributed by atoms with Crippen molar-refractivity contribution in [3.63, 3.8) is 0 Å². The molecule has 1 aromatic carbocycles. The smallest absolute Gasteiger partial charge is 0.228 e. The molecule has 6 heteroatoms. The van der Waals surface area contributed by atoms with Gasteiger partial charge in [0.15, 0.2) is 11.6 Å². The van der Waals surface area contributed by atoms with Crippen LogP contribution in [0.4, 0.5) is 18.9 Å². The molecule has 1 spiro atoms. The van der Waals surface area contributed by atoms with Gasteiger partial charge in [0.05, 0.1) is 0 Å². The monoisotopic (exact) mass is 284 g/mol. The summed E-state index contributed by atoms with van der Waals surface area (Å²) in [6.45, 7) is 1.73. The van der Waals surface area contributed by atoms with Gasteiger partial charge in [0.25, 0.3) is 0 Å².